The van der Waals surface area contributed by atoms with Gasteiger partial charge in [0.25, 0.3) is 5.91 Å². The molecule has 3 aromatic rings. The molecule has 0 spiro atoms. The number of hydrogen-bond donors (Lipinski definition) is 0. The van der Waals surface area contributed by atoms with Gasteiger partial charge in [-0.1, -0.05) is 54.4 Å². The molecule has 0 N–H and O–H groups in total. The highest BCUT2D eigenvalue weighted by Gasteiger charge is 2.45. The molecule has 2 aliphatic rings. The number of aryl methyl sites for hydroxylation is 2. The van der Waals surface area contributed by atoms with E-state index in [0.29, 0.717) is 29.9 Å². The zero-order chi connectivity index (χ0) is 24.4. The standard InChI is InChI=1S/C29H35N3O3/c1-20-26(21(2)35-30-20)19-34-24-14-10-13-23(17-24)29(33)32-16-9-5-8-15-27-28(32)25(18-31(27)3)22-11-6-4-7-12-22/h4,6-7,10-14,17,25,27-28H,5,8-9,15-16,18-19H2,1-3H3/t25-,27-,28-/m0/s1. The van der Waals surface area contributed by atoms with E-state index < -0.39 is 0 Å². The fraction of sp³-hybridized carbons (Fsp3) is 0.448. The van der Waals surface area contributed by atoms with Crippen LogP contribution in [0.1, 0.15) is 64.5 Å². The van der Waals surface area contributed by atoms with Crippen molar-refractivity contribution in [2.24, 2.45) is 0 Å². The largest absolute Gasteiger partial charge is 0.489 e. The first-order chi connectivity index (χ1) is 17.0. The zero-order valence-corrected chi connectivity index (χ0v) is 20.9. The van der Waals surface area contributed by atoms with Crippen molar-refractivity contribution < 1.29 is 14.1 Å². The van der Waals surface area contributed by atoms with Gasteiger partial charge in [0.2, 0.25) is 0 Å². The summed E-state index contributed by atoms with van der Waals surface area (Å²) in [5.74, 6) is 1.86. The number of amides is 1. The van der Waals surface area contributed by atoms with Gasteiger partial charge in [-0.3, -0.25) is 4.79 Å². The quantitative estimate of drug-likeness (QED) is 0.500. The van der Waals surface area contributed by atoms with Gasteiger partial charge < -0.3 is 19.1 Å². The predicted octanol–water partition coefficient (Wildman–Crippen LogP) is 5.35. The van der Waals surface area contributed by atoms with E-state index in [4.69, 9.17) is 9.26 Å². The molecule has 3 atom stereocenters. The molecule has 0 bridgehead atoms. The van der Waals surface area contributed by atoms with E-state index >= 15 is 0 Å². The van der Waals surface area contributed by atoms with Crippen LogP contribution in [0.25, 0.3) is 0 Å². The smallest absolute Gasteiger partial charge is 0.254 e. The van der Waals surface area contributed by atoms with Crippen LogP contribution in [0.5, 0.6) is 5.75 Å². The molecular formula is C29H35N3O3. The van der Waals surface area contributed by atoms with E-state index in [1.807, 2.05) is 38.1 Å². The number of carbonyl (C=O) groups is 1. The molecule has 0 saturated carbocycles. The van der Waals surface area contributed by atoms with Crippen molar-refractivity contribution in [3.63, 3.8) is 0 Å². The molecule has 184 valence electrons. The number of ether oxygens (including phenoxy) is 1. The highest BCUT2D eigenvalue weighted by Crippen LogP contribution is 2.39. The maximum Gasteiger partial charge on any atom is 0.254 e. The minimum absolute atomic E-state index is 0.0981. The summed E-state index contributed by atoms with van der Waals surface area (Å²) in [6, 6.07) is 18.9. The Morgan fingerprint density at radius 3 is 2.69 bits per heavy atom. The second-order valence-electron chi connectivity index (χ2n) is 9.98. The highest BCUT2D eigenvalue weighted by atomic mass is 16.5. The van der Waals surface area contributed by atoms with E-state index in [1.165, 1.54) is 12.0 Å². The lowest BCUT2D eigenvalue weighted by Gasteiger charge is -2.39. The minimum Gasteiger partial charge on any atom is -0.489 e. The maximum absolute atomic E-state index is 14.0. The first-order valence-corrected chi connectivity index (χ1v) is 12.7. The Morgan fingerprint density at radius 2 is 1.91 bits per heavy atom. The summed E-state index contributed by atoms with van der Waals surface area (Å²) in [5.41, 5.74) is 3.79. The molecule has 0 aliphatic carbocycles. The SMILES string of the molecule is Cc1noc(C)c1COc1cccc(C(=O)N2CCCCC[C@H]3[C@@H]2[C@H](c2ccccc2)CN3C)c1. The van der Waals surface area contributed by atoms with Gasteiger partial charge in [0.1, 0.15) is 18.1 Å². The van der Waals surface area contributed by atoms with Gasteiger partial charge in [0.15, 0.2) is 0 Å². The number of fused-ring (bicyclic) bond motifs is 1. The molecule has 35 heavy (non-hydrogen) atoms. The Kier molecular flexibility index (Phi) is 6.91. The van der Waals surface area contributed by atoms with Crippen molar-refractivity contribution in [2.45, 2.75) is 64.1 Å². The van der Waals surface area contributed by atoms with Crippen molar-refractivity contribution in [1.29, 1.82) is 0 Å². The van der Waals surface area contributed by atoms with Crippen LogP contribution in [0.4, 0.5) is 0 Å². The monoisotopic (exact) mass is 473 g/mol. The molecular weight excluding hydrogens is 438 g/mol. The Balaban J connectivity index is 1.41. The number of nitrogens with zero attached hydrogens (tertiary/aromatic N) is 3. The number of carbonyl (C=O) groups excluding carboxylic acids is 1. The Morgan fingerprint density at radius 1 is 1.09 bits per heavy atom. The number of benzene rings is 2. The fourth-order valence-electron chi connectivity index (χ4n) is 5.85. The third kappa shape index (κ3) is 4.85. The first kappa shape index (κ1) is 23.6. The third-order valence-electron chi connectivity index (χ3n) is 7.75. The first-order valence-electron chi connectivity index (χ1n) is 12.7. The lowest BCUT2D eigenvalue weighted by Crippen LogP contribution is -2.50. The van der Waals surface area contributed by atoms with Crippen molar-refractivity contribution in [3.05, 3.63) is 82.7 Å². The lowest BCUT2D eigenvalue weighted by molar-refractivity contribution is 0.0586. The average Bonchev–Trinajstić information content (AvgIpc) is 3.35. The summed E-state index contributed by atoms with van der Waals surface area (Å²) in [5, 5.41) is 4.00. The van der Waals surface area contributed by atoms with Crippen LogP contribution in [0, 0.1) is 13.8 Å². The van der Waals surface area contributed by atoms with Gasteiger partial charge in [0, 0.05) is 30.6 Å². The topological polar surface area (TPSA) is 58.8 Å². The van der Waals surface area contributed by atoms with Crippen molar-refractivity contribution in [3.8, 4) is 5.75 Å². The van der Waals surface area contributed by atoms with E-state index in [2.05, 4.69) is 52.3 Å². The summed E-state index contributed by atoms with van der Waals surface area (Å²) in [6.07, 6.45) is 4.56. The summed E-state index contributed by atoms with van der Waals surface area (Å²) in [7, 11) is 2.22. The van der Waals surface area contributed by atoms with Crippen molar-refractivity contribution in [2.75, 3.05) is 20.1 Å². The highest BCUT2D eigenvalue weighted by molar-refractivity contribution is 5.95. The molecule has 6 nitrogen and oxygen atoms in total. The van der Waals surface area contributed by atoms with Crippen LogP contribution < -0.4 is 4.74 Å². The van der Waals surface area contributed by atoms with Crippen LogP contribution >= 0.6 is 0 Å². The fourth-order valence-corrected chi connectivity index (χ4v) is 5.85. The van der Waals surface area contributed by atoms with Crippen LogP contribution in [0.15, 0.2) is 59.1 Å². The molecule has 6 heteroatoms. The summed E-state index contributed by atoms with van der Waals surface area (Å²) >= 11 is 0. The van der Waals surface area contributed by atoms with Gasteiger partial charge in [-0.25, -0.2) is 0 Å². The Bertz CT molecular complexity index is 1140. The lowest BCUT2D eigenvalue weighted by atomic mass is 9.86. The van der Waals surface area contributed by atoms with Crippen LogP contribution in [-0.4, -0.2) is 53.1 Å². The molecule has 0 unspecified atom stereocenters. The second kappa shape index (κ2) is 10.2. The third-order valence-corrected chi connectivity index (χ3v) is 7.75. The van der Waals surface area contributed by atoms with Gasteiger partial charge in [-0.2, -0.15) is 0 Å². The van der Waals surface area contributed by atoms with Gasteiger partial charge in [-0.15, -0.1) is 0 Å². The summed E-state index contributed by atoms with van der Waals surface area (Å²) in [6.45, 7) is 5.94. The van der Waals surface area contributed by atoms with Gasteiger partial charge >= 0.3 is 0 Å². The molecule has 2 fully saturated rings. The Hall–Kier alpha value is -3.12. The van der Waals surface area contributed by atoms with Crippen LogP contribution in [-0.2, 0) is 6.61 Å². The van der Waals surface area contributed by atoms with E-state index in [-0.39, 0.29) is 11.9 Å². The van der Waals surface area contributed by atoms with E-state index in [1.54, 1.807) is 0 Å². The van der Waals surface area contributed by atoms with Crippen molar-refractivity contribution in [1.82, 2.24) is 15.0 Å². The number of rotatable bonds is 5. The van der Waals surface area contributed by atoms with Gasteiger partial charge in [0.05, 0.1) is 17.3 Å². The maximum atomic E-state index is 14.0. The summed E-state index contributed by atoms with van der Waals surface area (Å²) < 4.78 is 11.3. The number of aromatic nitrogens is 1. The van der Waals surface area contributed by atoms with Crippen LogP contribution in [0.3, 0.4) is 0 Å². The predicted molar refractivity (Wildman–Crippen MR) is 136 cm³/mol. The second-order valence-corrected chi connectivity index (χ2v) is 9.98. The molecule has 1 aromatic heterocycles. The molecule has 0 radical (unpaired) electrons. The number of likely N-dealkylation sites (tertiary alicyclic amines) is 2. The van der Waals surface area contributed by atoms with E-state index in [9.17, 15) is 4.79 Å². The zero-order valence-electron chi connectivity index (χ0n) is 20.9. The van der Waals surface area contributed by atoms with Crippen LogP contribution in [0.2, 0.25) is 0 Å². The van der Waals surface area contributed by atoms with Crippen molar-refractivity contribution >= 4 is 5.91 Å². The van der Waals surface area contributed by atoms with E-state index in [0.717, 1.165) is 49.4 Å². The molecule has 1 amide bonds. The normalized spacial score (nSPS) is 22.9. The molecule has 5 rings (SSSR count). The number of likely N-dealkylation sites (N-methyl/N-ethyl adjacent to an activating group) is 1. The average molecular weight is 474 g/mol. The molecule has 3 heterocycles. The van der Waals surface area contributed by atoms with Gasteiger partial charge in [-0.05, 0) is 57.5 Å². The molecule has 2 aromatic carbocycles. The number of hydrogen-bond acceptors (Lipinski definition) is 5. The minimum atomic E-state index is 0.0981. The molecule has 2 aliphatic heterocycles. The molecule has 2 saturated heterocycles. The summed E-state index contributed by atoms with van der Waals surface area (Å²) in [4.78, 5) is 18.6. The Labute approximate surface area is 207 Å².